The van der Waals surface area contributed by atoms with E-state index in [9.17, 15) is 5.11 Å². The maximum absolute atomic E-state index is 10.5. The number of aliphatic hydroxyl groups is 1. The third-order valence-electron chi connectivity index (χ3n) is 3.34. The van der Waals surface area contributed by atoms with Crippen LogP contribution in [0.25, 0.3) is 10.1 Å². The van der Waals surface area contributed by atoms with Crippen LogP contribution in [0.1, 0.15) is 31.1 Å². The molecule has 2 heteroatoms. The molecule has 1 aromatic carbocycles. The van der Waals surface area contributed by atoms with E-state index in [1.807, 2.05) is 6.92 Å². The van der Waals surface area contributed by atoms with Gasteiger partial charge < -0.3 is 5.11 Å². The Hall–Kier alpha value is -0.860. The Morgan fingerprint density at radius 1 is 1.38 bits per heavy atom. The van der Waals surface area contributed by atoms with E-state index in [-0.39, 0.29) is 0 Å². The Bertz CT molecular complexity index is 475. The van der Waals surface area contributed by atoms with Gasteiger partial charge in [-0.25, -0.2) is 0 Å². The summed E-state index contributed by atoms with van der Waals surface area (Å²) >= 11 is 1.72. The molecule has 1 saturated carbocycles. The molecule has 0 saturated heterocycles. The predicted octanol–water partition coefficient (Wildman–Crippen LogP) is 3.91. The predicted molar refractivity (Wildman–Crippen MR) is 68.7 cm³/mol. The molecule has 84 valence electrons. The molecule has 1 N–H and O–H groups in total. The van der Waals surface area contributed by atoms with E-state index in [1.54, 1.807) is 11.3 Å². The number of thiophene rings is 1. The lowest BCUT2D eigenvalue weighted by Crippen LogP contribution is -2.20. The quantitative estimate of drug-likeness (QED) is 0.850. The second-order valence-corrected chi connectivity index (χ2v) is 6.15. The minimum atomic E-state index is -0.634. The van der Waals surface area contributed by atoms with Crippen LogP contribution < -0.4 is 0 Å². The number of benzene rings is 1. The lowest BCUT2D eigenvalue weighted by molar-refractivity contribution is 0.0456. The van der Waals surface area contributed by atoms with Crippen molar-refractivity contribution in [3.63, 3.8) is 0 Å². The van der Waals surface area contributed by atoms with Crippen molar-refractivity contribution >= 4 is 21.4 Å². The highest BCUT2D eigenvalue weighted by Gasteiger charge is 2.33. The maximum atomic E-state index is 10.5. The van der Waals surface area contributed by atoms with Crippen LogP contribution in [0.5, 0.6) is 0 Å². The van der Waals surface area contributed by atoms with Gasteiger partial charge in [0.25, 0.3) is 0 Å². The molecule has 3 rings (SSSR count). The van der Waals surface area contributed by atoms with Crippen LogP contribution in [0.15, 0.2) is 30.3 Å². The van der Waals surface area contributed by atoms with E-state index in [1.165, 1.54) is 22.9 Å². The smallest absolute Gasteiger partial charge is 0.0963 e. The molecule has 2 aromatic rings. The first-order valence-electron chi connectivity index (χ1n) is 5.86. The van der Waals surface area contributed by atoms with E-state index in [0.29, 0.717) is 0 Å². The molecule has 0 bridgehead atoms. The van der Waals surface area contributed by atoms with Crippen LogP contribution >= 0.6 is 11.3 Å². The Balaban J connectivity index is 1.97. The van der Waals surface area contributed by atoms with Crippen molar-refractivity contribution in [1.29, 1.82) is 0 Å². The van der Waals surface area contributed by atoms with Crippen molar-refractivity contribution in [3.05, 3.63) is 35.2 Å². The summed E-state index contributed by atoms with van der Waals surface area (Å²) in [5, 5.41) is 11.8. The molecule has 1 unspecified atom stereocenters. The fraction of sp³-hybridized carbons (Fsp3) is 0.429. The first-order valence-corrected chi connectivity index (χ1v) is 6.68. The summed E-state index contributed by atoms with van der Waals surface area (Å²) in [4.78, 5) is 1.11. The molecular weight excluding hydrogens is 216 g/mol. The van der Waals surface area contributed by atoms with Crippen LogP contribution in [0, 0.1) is 5.92 Å². The summed E-state index contributed by atoms with van der Waals surface area (Å²) in [7, 11) is 0. The number of hydrogen-bond acceptors (Lipinski definition) is 2. The van der Waals surface area contributed by atoms with Gasteiger partial charge in [0, 0.05) is 9.58 Å². The summed E-state index contributed by atoms with van der Waals surface area (Å²) in [6.07, 6.45) is 3.50. The summed E-state index contributed by atoms with van der Waals surface area (Å²) in [6, 6.07) is 10.5. The van der Waals surface area contributed by atoms with Gasteiger partial charge >= 0.3 is 0 Å². The van der Waals surface area contributed by atoms with E-state index < -0.39 is 5.60 Å². The standard InChI is InChI=1S/C14H16OS/c1-14(15,9-10-6-7-10)13-8-11-4-2-3-5-12(11)16-13/h2-5,8,10,15H,6-7,9H2,1H3. The molecule has 0 radical (unpaired) electrons. The topological polar surface area (TPSA) is 20.2 Å². The lowest BCUT2D eigenvalue weighted by Gasteiger charge is -2.21. The number of hydrogen-bond donors (Lipinski definition) is 1. The van der Waals surface area contributed by atoms with E-state index in [4.69, 9.17) is 0 Å². The number of rotatable bonds is 3. The van der Waals surface area contributed by atoms with Crippen LogP contribution in [-0.2, 0) is 5.60 Å². The molecule has 0 amide bonds. The fourth-order valence-electron chi connectivity index (χ4n) is 2.23. The average molecular weight is 232 g/mol. The SMILES string of the molecule is CC(O)(CC1CC1)c1cc2ccccc2s1. The van der Waals surface area contributed by atoms with Crippen molar-refractivity contribution in [1.82, 2.24) is 0 Å². The Morgan fingerprint density at radius 2 is 2.12 bits per heavy atom. The van der Waals surface area contributed by atoms with Crippen LogP contribution in [0.3, 0.4) is 0 Å². The zero-order chi connectivity index (χ0) is 11.2. The van der Waals surface area contributed by atoms with Gasteiger partial charge in [0.1, 0.15) is 0 Å². The zero-order valence-electron chi connectivity index (χ0n) is 9.44. The van der Waals surface area contributed by atoms with Crippen molar-refractivity contribution in [3.8, 4) is 0 Å². The molecule has 16 heavy (non-hydrogen) atoms. The first-order chi connectivity index (χ1) is 7.65. The van der Waals surface area contributed by atoms with Gasteiger partial charge in [0.15, 0.2) is 0 Å². The molecule has 0 spiro atoms. The van der Waals surface area contributed by atoms with E-state index in [2.05, 4.69) is 30.3 Å². The second kappa shape index (κ2) is 3.57. The number of fused-ring (bicyclic) bond motifs is 1. The van der Waals surface area contributed by atoms with Gasteiger partial charge in [-0.1, -0.05) is 31.0 Å². The third kappa shape index (κ3) is 1.87. The van der Waals surface area contributed by atoms with Crippen LogP contribution in [-0.4, -0.2) is 5.11 Å². The average Bonchev–Trinajstić information content (AvgIpc) is 2.94. The molecule has 1 aromatic heterocycles. The highest BCUT2D eigenvalue weighted by atomic mass is 32.1. The van der Waals surface area contributed by atoms with Gasteiger partial charge in [-0.2, -0.15) is 0 Å². The Labute approximate surface area is 99.7 Å². The van der Waals surface area contributed by atoms with E-state index in [0.717, 1.165) is 17.2 Å². The fourth-order valence-corrected chi connectivity index (χ4v) is 3.35. The van der Waals surface area contributed by atoms with E-state index >= 15 is 0 Å². The minimum Gasteiger partial charge on any atom is -0.385 e. The van der Waals surface area contributed by atoms with Gasteiger partial charge in [0.05, 0.1) is 5.60 Å². The molecule has 0 aliphatic heterocycles. The summed E-state index contributed by atoms with van der Waals surface area (Å²) in [5.74, 6) is 0.750. The van der Waals surface area contributed by atoms with Crippen molar-refractivity contribution in [2.24, 2.45) is 5.92 Å². The summed E-state index contributed by atoms with van der Waals surface area (Å²) in [5.41, 5.74) is -0.634. The monoisotopic (exact) mass is 232 g/mol. The minimum absolute atomic E-state index is 0.634. The van der Waals surface area contributed by atoms with Crippen LogP contribution in [0.4, 0.5) is 0 Å². The van der Waals surface area contributed by atoms with Crippen LogP contribution in [0.2, 0.25) is 0 Å². The summed E-state index contributed by atoms with van der Waals surface area (Å²) < 4.78 is 1.27. The van der Waals surface area contributed by atoms with Crippen molar-refractivity contribution in [2.45, 2.75) is 31.8 Å². The van der Waals surface area contributed by atoms with Crippen molar-refractivity contribution in [2.75, 3.05) is 0 Å². The molecule has 1 aliphatic carbocycles. The molecule has 1 heterocycles. The maximum Gasteiger partial charge on any atom is 0.0963 e. The molecule has 1 atom stereocenters. The molecule has 1 aliphatic rings. The molecule has 1 nitrogen and oxygen atoms in total. The lowest BCUT2D eigenvalue weighted by atomic mass is 9.97. The first kappa shape index (κ1) is 10.3. The molecule has 1 fully saturated rings. The second-order valence-electron chi connectivity index (χ2n) is 5.07. The molecular formula is C14H16OS. The Kier molecular flexibility index (Phi) is 2.30. The largest absolute Gasteiger partial charge is 0.385 e. The highest BCUT2D eigenvalue weighted by molar-refractivity contribution is 7.19. The zero-order valence-corrected chi connectivity index (χ0v) is 10.3. The Morgan fingerprint density at radius 3 is 2.81 bits per heavy atom. The highest BCUT2D eigenvalue weighted by Crippen LogP contribution is 2.43. The summed E-state index contributed by atoms with van der Waals surface area (Å²) in [6.45, 7) is 1.95. The van der Waals surface area contributed by atoms with Crippen molar-refractivity contribution < 1.29 is 5.11 Å². The van der Waals surface area contributed by atoms with Gasteiger partial charge in [-0.05, 0) is 36.8 Å². The normalized spacial score (nSPS) is 19.9. The third-order valence-corrected chi connectivity index (χ3v) is 4.71. The van der Waals surface area contributed by atoms with Gasteiger partial charge in [0.2, 0.25) is 0 Å². The van der Waals surface area contributed by atoms with Gasteiger partial charge in [-0.15, -0.1) is 11.3 Å². The van der Waals surface area contributed by atoms with Gasteiger partial charge in [-0.3, -0.25) is 0 Å².